The molecule has 0 bridgehead atoms. The van der Waals surface area contributed by atoms with Gasteiger partial charge in [0.25, 0.3) is 0 Å². The third-order valence-electron chi connectivity index (χ3n) is 2.00. The molecule has 0 aromatic carbocycles. The molecule has 0 aliphatic heterocycles. The zero-order valence-electron chi connectivity index (χ0n) is 7.31. The van der Waals surface area contributed by atoms with E-state index in [1.54, 1.807) is 0 Å². The van der Waals surface area contributed by atoms with Gasteiger partial charge >= 0.3 is 0 Å². The van der Waals surface area contributed by atoms with Gasteiger partial charge in [-0.25, -0.2) is 0 Å². The molecule has 0 heterocycles. The quantitative estimate of drug-likeness (QED) is 0.444. The molecule has 0 aromatic heterocycles. The Labute approximate surface area is 68.6 Å². The Hall–Kier alpha value is -0.530. The molecular formula is C9H17NO. The van der Waals surface area contributed by atoms with Crippen molar-refractivity contribution in [3.8, 4) is 0 Å². The minimum atomic E-state index is 0.698. The van der Waals surface area contributed by atoms with Crippen molar-refractivity contribution >= 4 is 5.71 Å². The summed E-state index contributed by atoms with van der Waals surface area (Å²) in [7, 11) is 0. The fourth-order valence-electron chi connectivity index (χ4n) is 1.38. The molecule has 0 unspecified atom stereocenters. The summed E-state index contributed by atoms with van der Waals surface area (Å²) in [6.45, 7) is 2.67. The highest BCUT2D eigenvalue weighted by molar-refractivity contribution is 5.84. The molecule has 0 atom stereocenters. The summed E-state index contributed by atoms with van der Waals surface area (Å²) in [5, 5.41) is 4.08. The monoisotopic (exact) mass is 155 g/mol. The van der Waals surface area contributed by atoms with E-state index in [-0.39, 0.29) is 0 Å². The standard InChI is InChI=1S/C9H17NO/c1-2-11-10-9-7-5-3-4-6-8-9/h2-8H2,1H3. The van der Waals surface area contributed by atoms with Crippen molar-refractivity contribution in [3.05, 3.63) is 0 Å². The Kier molecular flexibility index (Phi) is 4.02. The first-order valence-electron chi connectivity index (χ1n) is 4.61. The van der Waals surface area contributed by atoms with Gasteiger partial charge in [0.05, 0.1) is 5.71 Å². The fourth-order valence-corrected chi connectivity index (χ4v) is 1.38. The SMILES string of the molecule is CCON=C1CCCCCC1. The second kappa shape index (κ2) is 5.16. The van der Waals surface area contributed by atoms with E-state index in [1.807, 2.05) is 6.92 Å². The number of oxime groups is 1. The third-order valence-corrected chi connectivity index (χ3v) is 2.00. The summed E-state index contributed by atoms with van der Waals surface area (Å²) >= 11 is 0. The molecule has 2 nitrogen and oxygen atoms in total. The minimum Gasteiger partial charge on any atom is -0.396 e. The van der Waals surface area contributed by atoms with E-state index in [2.05, 4.69) is 5.16 Å². The van der Waals surface area contributed by atoms with Crippen LogP contribution in [0.25, 0.3) is 0 Å². The van der Waals surface area contributed by atoms with Crippen LogP contribution in [0.5, 0.6) is 0 Å². The van der Waals surface area contributed by atoms with Gasteiger partial charge < -0.3 is 4.84 Å². The van der Waals surface area contributed by atoms with Crippen LogP contribution in [0.3, 0.4) is 0 Å². The molecule has 0 spiro atoms. The molecule has 0 amide bonds. The maximum Gasteiger partial charge on any atom is 0.114 e. The van der Waals surface area contributed by atoms with Gasteiger partial charge in [0.1, 0.15) is 6.61 Å². The Bertz CT molecular complexity index is 122. The van der Waals surface area contributed by atoms with Crippen LogP contribution in [0.1, 0.15) is 45.4 Å². The van der Waals surface area contributed by atoms with Gasteiger partial charge in [-0.15, -0.1) is 0 Å². The molecule has 0 saturated heterocycles. The molecule has 1 rings (SSSR count). The Balaban J connectivity index is 2.29. The molecule has 0 aromatic rings. The first-order valence-corrected chi connectivity index (χ1v) is 4.61. The van der Waals surface area contributed by atoms with Crippen LogP contribution >= 0.6 is 0 Å². The number of nitrogens with zero attached hydrogens (tertiary/aromatic N) is 1. The molecule has 1 saturated carbocycles. The molecule has 1 aliphatic carbocycles. The molecule has 64 valence electrons. The Morgan fingerprint density at radius 3 is 2.36 bits per heavy atom. The van der Waals surface area contributed by atoms with Crippen LogP contribution in [0.2, 0.25) is 0 Å². The van der Waals surface area contributed by atoms with Crippen molar-refractivity contribution in [3.63, 3.8) is 0 Å². The zero-order chi connectivity index (χ0) is 7.94. The molecule has 0 N–H and O–H groups in total. The van der Waals surface area contributed by atoms with Crippen LogP contribution in [-0.4, -0.2) is 12.3 Å². The summed E-state index contributed by atoms with van der Waals surface area (Å²) in [5.41, 5.74) is 1.27. The second-order valence-electron chi connectivity index (χ2n) is 2.99. The average Bonchev–Trinajstić information content (AvgIpc) is 2.28. The molecule has 0 radical (unpaired) electrons. The van der Waals surface area contributed by atoms with Crippen molar-refractivity contribution in [1.29, 1.82) is 0 Å². The van der Waals surface area contributed by atoms with Crippen molar-refractivity contribution in [2.75, 3.05) is 6.61 Å². The number of hydrogen-bond acceptors (Lipinski definition) is 2. The minimum absolute atomic E-state index is 0.698. The van der Waals surface area contributed by atoms with Gasteiger partial charge in [0.15, 0.2) is 0 Å². The molecule has 1 fully saturated rings. The van der Waals surface area contributed by atoms with E-state index in [1.165, 1.54) is 31.4 Å². The summed E-state index contributed by atoms with van der Waals surface area (Å²) in [4.78, 5) is 5.02. The first-order chi connectivity index (χ1) is 5.43. The van der Waals surface area contributed by atoms with E-state index in [0.29, 0.717) is 6.61 Å². The predicted octanol–water partition coefficient (Wildman–Crippen LogP) is 2.73. The third kappa shape index (κ3) is 3.40. The van der Waals surface area contributed by atoms with Crippen LogP contribution in [0, 0.1) is 0 Å². The van der Waals surface area contributed by atoms with Gasteiger partial charge in [0, 0.05) is 0 Å². The van der Waals surface area contributed by atoms with Crippen LogP contribution in [-0.2, 0) is 4.84 Å². The summed E-state index contributed by atoms with van der Waals surface area (Å²) in [6, 6.07) is 0. The molecular weight excluding hydrogens is 138 g/mol. The van der Waals surface area contributed by atoms with Crippen LogP contribution in [0.15, 0.2) is 5.16 Å². The zero-order valence-corrected chi connectivity index (χ0v) is 7.31. The highest BCUT2D eigenvalue weighted by Gasteiger charge is 2.05. The number of hydrogen-bond donors (Lipinski definition) is 0. The predicted molar refractivity (Wildman–Crippen MR) is 46.8 cm³/mol. The molecule has 11 heavy (non-hydrogen) atoms. The maximum absolute atomic E-state index is 5.02. The van der Waals surface area contributed by atoms with E-state index >= 15 is 0 Å². The van der Waals surface area contributed by atoms with Crippen molar-refractivity contribution in [2.45, 2.75) is 45.4 Å². The highest BCUT2D eigenvalue weighted by Crippen LogP contribution is 2.14. The lowest BCUT2D eigenvalue weighted by molar-refractivity contribution is 0.157. The summed E-state index contributed by atoms with van der Waals surface area (Å²) < 4.78 is 0. The largest absolute Gasteiger partial charge is 0.396 e. The highest BCUT2D eigenvalue weighted by atomic mass is 16.6. The fraction of sp³-hybridized carbons (Fsp3) is 0.889. The van der Waals surface area contributed by atoms with E-state index in [9.17, 15) is 0 Å². The maximum atomic E-state index is 5.02. The summed E-state index contributed by atoms with van der Waals surface area (Å²) in [6.07, 6.45) is 7.63. The van der Waals surface area contributed by atoms with Gasteiger partial charge in [-0.2, -0.15) is 0 Å². The topological polar surface area (TPSA) is 21.6 Å². The Morgan fingerprint density at radius 2 is 1.82 bits per heavy atom. The average molecular weight is 155 g/mol. The lowest BCUT2D eigenvalue weighted by atomic mass is 10.2. The lowest BCUT2D eigenvalue weighted by Gasteiger charge is -1.99. The first kappa shape index (κ1) is 8.57. The lowest BCUT2D eigenvalue weighted by Crippen LogP contribution is -1.96. The van der Waals surface area contributed by atoms with Gasteiger partial charge in [0.2, 0.25) is 0 Å². The Morgan fingerprint density at radius 1 is 1.18 bits per heavy atom. The second-order valence-corrected chi connectivity index (χ2v) is 2.99. The molecule has 2 heteroatoms. The van der Waals surface area contributed by atoms with Crippen molar-refractivity contribution < 1.29 is 4.84 Å². The van der Waals surface area contributed by atoms with E-state index < -0.39 is 0 Å². The van der Waals surface area contributed by atoms with Crippen LogP contribution in [0.4, 0.5) is 0 Å². The molecule has 1 aliphatic rings. The van der Waals surface area contributed by atoms with Gasteiger partial charge in [-0.3, -0.25) is 0 Å². The number of rotatable bonds is 2. The van der Waals surface area contributed by atoms with Crippen molar-refractivity contribution in [2.24, 2.45) is 5.16 Å². The van der Waals surface area contributed by atoms with E-state index in [0.717, 1.165) is 12.8 Å². The van der Waals surface area contributed by atoms with Crippen LogP contribution < -0.4 is 0 Å². The van der Waals surface area contributed by atoms with Gasteiger partial charge in [-0.1, -0.05) is 18.0 Å². The smallest absolute Gasteiger partial charge is 0.114 e. The van der Waals surface area contributed by atoms with Crippen molar-refractivity contribution in [1.82, 2.24) is 0 Å². The normalized spacial score (nSPS) is 19.2. The van der Waals surface area contributed by atoms with E-state index in [4.69, 9.17) is 4.84 Å². The summed E-state index contributed by atoms with van der Waals surface area (Å²) in [5.74, 6) is 0. The van der Waals surface area contributed by atoms with Gasteiger partial charge in [-0.05, 0) is 32.6 Å².